The van der Waals surface area contributed by atoms with Crippen molar-refractivity contribution in [2.75, 3.05) is 19.7 Å². The summed E-state index contributed by atoms with van der Waals surface area (Å²) in [4.78, 5) is 31.4. The van der Waals surface area contributed by atoms with Crippen LogP contribution in [0, 0.1) is 0 Å². The molecule has 0 saturated carbocycles. The first-order valence-corrected chi connectivity index (χ1v) is 10.7. The number of carboxylic acids is 1. The molecule has 0 bridgehead atoms. The van der Waals surface area contributed by atoms with Crippen molar-refractivity contribution in [3.63, 3.8) is 0 Å². The Kier molecular flexibility index (Phi) is 7.12. The van der Waals surface area contributed by atoms with E-state index in [0.29, 0.717) is 37.9 Å². The fourth-order valence-electron chi connectivity index (χ4n) is 3.69. The molecule has 1 saturated heterocycles. The van der Waals surface area contributed by atoms with Gasteiger partial charge in [-0.25, -0.2) is 14.6 Å². The van der Waals surface area contributed by atoms with Crippen LogP contribution in [0.2, 0.25) is 0 Å². The first-order valence-electron chi connectivity index (χ1n) is 10.7. The molecule has 1 fully saturated rings. The van der Waals surface area contributed by atoms with Crippen LogP contribution in [0.15, 0.2) is 23.2 Å². The van der Waals surface area contributed by atoms with Gasteiger partial charge in [-0.2, -0.15) is 0 Å². The molecule has 0 spiro atoms. The van der Waals surface area contributed by atoms with Crippen LogP contribution in [0.3, 0.4) is 0 Å². The molecule has 32 heavy (non-hydrogen) atoms. The van der Waals surface area contributed by atoms with Gasteiger partial charge in [0, 0.05) is 26.2 Å². The van der Waals surface area contributed by atoms with Gasteiger partial charge in [-0.1, -0.05) is 6.07 Å². The quantitative estimate of drug-likeness (QED) is 0.456. The number of ether oxygens (including phenoxy) is 2. The summed E-state index contributed by atoms with van der Waals surface area (Å²) >= 11 is 0. The van der Waals surface area contributed by atoms with Crippen LogP contribution in [0.5, 0.6) is 5.75 Å². The average molecular weight is 449 g/mol. The summed E-state index contributed by atoms with van der Waals surface area (Å²) < 4.78 is 10.8. The molecule has 4 N–H and O–H groups in total. The Hall–Kier alpha value is -3.01. The lowest BCUT2D eigenvalue weighted by molar-refractivity contribution is -0.148. The number of carbonyl (C=O) groups is 2. The van der Waals surface area contributed by atoms with E-state index in [1.165, 1.54) is 0 Å². The monoisotopic (exact) mass is 448 g/mol. The van der Waals surface area contributed by atoms with Crippen molar-refractivity contribution in [1.82, 2.24) is 9.80 Å². The van der Waals surface area contributed by atoms with Crippen LogP contribution in [0.4, 0.5) is 4.79 Å². The third-order valence-electron chi connectivity index (χ3n) is 5.28. The largest absolute Gasteiger partial charge is 0.490 e. The molecule has 3 rings (SSSR count). The molecule has 2 aliphatic rings. The molecule has 0 aliphatic carbocycles. The SMILES string of the molecule is CC(C)(C)OC(=O)N1CCC[C@@H](N=C(N)N2Cc3ccc(OC[C@@H](O)C(=O)O)cc3C2)C1. The Bertz CT molecular complexity index is 882. The maximum Gasteiger partial charge on any atom is 0.410 e. The van der Waals surface area contributed by atoms with Crippen LogP contribution in [-0.2, 0) is 22.6 Å². The lowest BCUT2D eigenvalue weighted by atomic mass is 10.1. The van der Waals surface area contributed by atoms with E-state index in [4.69, 9.17) is 20.3 Å². The normalized spacial score (nSPS) is 20.0. The van der Waals surface area contributed by atoms with Crippen LogP contribution in [-0.4, -0.2) is 75.5 Å². The van der Waals surface area contributed by atoms with Gasteiger partial charge in [0.05, 0.1) is 6.04 Å². The fraction of sp³-hybridized carbons (Fsp3) is 0.591. The summed E-state index contributed by atoms with van der Waals surface area (Å²) in [7, 11) is 0. The zero-order valence-electron chi connectivity index (χ0n) is 18.8. The zero-order chi connectivity index (χ0) is 23.5. The van der Waals surface area contributed by atoms with Crippen molar-refractivity contribution in [2.24, 2.45) is 10.7 Å². The number of guanidine groups is 1. The highest BCUT2D eigenvalue weighted by atomic mass is 16.6. The molecule has 2 heterocycles. The number of nitrogens with two attached hydrogens (primary N) is 1. The Balaban J connectivity index is 1.58. The van der Waals surface area contributed by atoms with Crippen molar-refractivity contribution in [1.29, 1.82) is 0 Å². The number of hydrogen-bond acceptors (Lipinski definition) is 6. The van der Waals surface area contributed by atoms with Crippen molar-refractivity contribution < 1.29 is 29.3 Å². The van der Waals surface area contributed by atoms with Gasteiger partial charge in [0.15, 0.2) is 12.1 Å². The number of aliphatic imine (C=N–C) groups is 1. The summed E-state index contributed by atoms with van der Waals surface area (Å²) in [6.45, 7) is 7.48. The first-order chi connectivity index (χ1) is 15.0. The fourth-order valence-corrected chi connectivity index (χ4v) is 3.69. The summed E-state index contributed by atoms with van der Waals surface area (Å²) in [5.41, 5.74) is 7.84. The van der Waals surface area contributed by atoms with E-state index < -0.39 is 17.7 Å². The zero-order valence-corrected chi connectivity index (χ0v) is 18.8. The number of benzene rings is 1. The molecule has 2 aliphatic heterocycles. The predicted molar refractivity (Wildman–Crippen MR) is 117 cm³/mol. The first kappa shape index (κ1) is 23.6. The van der Waals surface area contributed by atoms with E-state index in [1.807, 2.05) is 37.8 Å². The molecule has 1 aromatic rings. The summed E-state index contributed by atoms with van der Waals surface area (Å²) in [5, 5.41) is 18.1. The Labute approximate surface area is 187 Å². The van der Waals surface area contributed by atoms with Gasteiger partial charge in [0.1, 0.15) is 18.0 Å². The third kappa shape index (κ3) is 6.25. The highest BCUT2D eigenvalue weighted by Gasteiger charge is 2.29. The second-order valence-corrected chi connectivity index (χ2v) is 9.16. The molecule has 176 valence electrons. The van der Waals surface area contributed by atoms with Gasteiger partial charge in [0.2, 0.25) is 0 Å². The van der Waals surface area contributed by atoms with Gasteiger partial charge >= 0.3 is 12.1 Å². The number of aliphatic hydroxyl groups is 1. The van der Waals surface area contributed by atoms with Crippen LogP contribution in [0.25, 0.3) is 0 Å². The molecule has 0 radical (unpaired) electrons. The van der Waals surface area contributed by atoms with Crippen molar-refractivity contribution in [2.45, 2.75) is 64.4 Å². The highest BCUT2D eigenvalue weighted by Crippen LogP contribution is 2.27. The van der Waals surface area contributed by atoms with E-state index >= 15 is 0 Å². The number of carboxylic acid groups (broad SMARTS) is 1. The number of piperidine rings is 1. The van der Waals surface area contributed by atoms with E-state index in [2.05, 4.69) is 4.99 Å². The number of hydrogen-bond donors (Lipinski definition) is 3. The van der Waals surface area contributed by atoms with Gasteiger partial charge < -0.3 is 35.2 Å². The minimum atomic E-state index is -1.57. The third-order valence-corrected chi connectivity index (χ3v) is 5.28. The minimum absolute atomic E-state index is 0.0867. The predicted octanol–water partition coefficient (Wildman–Crippen LogP) is 1.54. The highest BCUT2D eigenvalue weighted by molar-refractivity contribution is 5.79. The van der Waals surface area contributed by atoms with E-state index in [0.717, 1.165) is 24.0 Å². The van der Waals surface area contributed by atoms with Gasteiger partial charge in [-0.05, 0) is 56.9 Å². The van der Waals surface area contributed by atoms with Crippen LogP contribution >= 0.6 is 0 Å². The van der Waals surface area contributed by atoms with E-state index in [-0.39, 0.29) is 18.7 Å². The molecule has 10 nitrogen and oxygen atoms in total. The number of aliphatic carboxylic acids is 1. The Morgan fingerprint density at radius 2 is 1.97 bits per heavy atom. The molecular weight excluding hydrogens is 416 g/mol. The summed E-state index contributed by atoms with van der Waals surface area (Å²) in [6.07, 6.45) is -0.211. The minimum Gasteiger partial charge on any atom is -0.490 e. The second-order valence-electron chi connectivity index (χ2n) is 9.16. The smallest absolute Gasteiger partial charge is 0.410 e. The molecule has 1 aromatic carbocycles. The molecular formula is C22H32N4O6. The van der Waals surface area contributed by atoms with Crippen molar-refractivity contribution >= 4 is 18.0 Å². The number of fused-ring (bicyclic) bond motifs is 1. The molecule has 2 atom stereocenters. The van der Waals surface area contributed by atoms with Gasteiger partial charge in [-0.3, -0.25) is 0 Å². The van der Waals surface area contributed by atoms with Crippen molar-refractivity contribution in [3.05, 3.63) is 29.3 Å². The number of likely N-dealkylation sites (tertiary alicyclic amines) is 1. The maximum absolute atomic E-state index is 12.4. The lowest BCUT2D eigenvalue weighted by Gasteiger charge is -2.33. The molecule has 0 unspecified atom stereocenters. The van der Waals surface area contributed by atoms with Crippen molar-refractivity contribution in [3.8, 4) is 5.75 Å². The van der Waals surface area contributed by atoms with Crippen LogP contribution in [0.1, 0.15) is 44.7 Å². The van der Waals surface area contributed by atoms with Crippen LogP contribution < -0.4 is 10.5 Å². The maximum atomic E-state index is 12.4. The number of carbonyl (C=O) groups excluding carboxylic acids is 1. The number of aliphatic hydroxyl groups excluding tert-OH is 1. The lowest BCUT2D eigenvalue weighted by Crippen LogP contribution is -2.45. The standard InChI is InChI=1S/C22H32N4O6/c1-22(2,3)32-21(30)25-8-4-5-16(12-25)24-20(23)26-10-14-6-7-17(9-15(14)11-26)31-13-18(27)19(28)29/h6-7,9,16,18,27H,4-5,8,10-13H2,1-3H3,(H2,23,24)(H,28,29)/t16-,18-/m1/s1. The Morgan fingerprint density at radius 1 is 1.25 bits per heavy atom. The molecule has 0 aromatic heterocycles. The second kappa shape index (κ2) is 9.64. The number of rotatable bonds is 5. The number of amides is 1. The summed E-state index contributed by atoms with van der Waals surface area (Å²) in [5.74, 6) is -0.419. The van der Waals surface area contributed by atoms with E-state index in [9.17, 15) is 14.7 Å². The molecule has 1 amide bonds. The van der Waals surface area contributed by atoms with E-state index in [1.54, 1.807) is 11.0 Å². The average Bonchev–Trinajstić information content (AvgIpc) is 3.14. The topological polar surface area (TPSA) is 138 Å². The van der Waals surface area contributed by atoms with Gasteiger partial charge in [0.25, 0.3) is 0 Å². The summed E-state index contributed by atoms with van der Waals surface area (Å²) in [6, 6.07) is 5.37. The van der Waals surface area contributed by atoms with Gasteiger partial charge in [-0.15, -0.1) is 0 Å². The molecule has 10 heteroatoms. The number of nitrogens with zero attached hydrogens (tertiary/aromatic N) is 3. The Morgan fingerprint density at radius 3 is 2.66 bits per heavy atom.